The Morgan fingerprint density at radius 2 is 1.91 bits per heavy atom. The van der Waals surface area contributed by atoms with E-state index in [9.17, 15) is 9.50 Å². The van der Waals surface area contributed by atoms with Crippen LogP contribution >= 0.6 is 0 Å². The molecule has 2 unspecified atom stereocenters. The summed E-state index contributed by atoms with van der Waals surface area (Å²) in [5, 5.41) is 15.0. The van der Waals surface area contributed by atoms with E-state index >= 15 is 0 Å². The van der Waals surface area contributed by atoms with Gasteiger partial charge in [0.2, 0.25) is 0 Å². The van der Waals surface area contributed by atoms with E-state index in [0.717, 1.165) is 75.1 Å². The molecule has 3 nitrogen and oxygen atoms in total. The standard InChI is InChI=1S/C28H40FNO2/c1-4-5-19-32-25-11-8-22(9-12-25)7-6-17-30-18-16-28(31)15-14-23-20-24(29)10-13-26(23)27(28)21(2)3/h8-13,20-21,27,30-31H,4-7,14-19H2,1-3H3. The lowest BCUT2D eigenvalue weighted by Crippen LogP contribution is -2.45. The normalized spacial score (nSPS) is 20.4. The van der Waals surface area contributed by atoms with Crippen LogP contribution in [0.2, 0.25) is 0 Å². The lowest BCUT2D eigenvalue weighted by molar-refractivity contribution is -0.0241. The van der Waals surface area contributed by atoms with Crippen molar-refractivity contribution in [3.05, 3.63) is 65.0 Å². The number of hydrogen-bond acceptors (Lipinski definition) is 3. The Morgan fingerprint density at radius 3 is 2.62 bits per heavy atom. The zero-order valence-corrected chi connectivity index (χ0v) is 20.0. The average molecular weight is 442 g/mol. The molecule has 0 spiro atoms. The molecule has 32 heavy (non-hydrogen) atoms. The maximum absolute atomic E-state index is 13.7. The SMILES string of the molecule is CCCCOc1ccc(CCCNCCC2(O)CCc3cc(F)ccc3C2C(C)C)cc1. The number of aliphatic hydroxyl groups is 1. The summed E-state index contributed by atoms with van der Waals surface area (Å²) in [6.07, 6.45) is 6.48. The molecule has 0 saturated carbocycles. The molecule has 0 heterocycles. The molecule has 1 aliphatic carbocycles. The van der Waals surface area contributed by atoms with Crippen LogP contribution in [0, 0.1) is 11.7 Å². The van der Waals surface area contributed by atoms with E-state index in [2.05, 4.69) is 50.4 Å². The van der Waals surface area contributed by atoms with Crippen LogP contribution in [0.5, 0.6) is 5.75 Å². The molecule has 2 aromatic carbocycles. The number of benzene rings is 2. The minimum absolute atomic E-state index is 0.0479. The second-order valence-electron chi connectivity index (χ2n) is 9.62. The predicted octanol–water partition coefficient (Wildman–Crippen LogP) is 6.03. The van der Waals surface area contributed by atoms with Gasteiger partial charge in [-0.2, -0.15) is 0 Å². The molecule has 2 aromatic rings. The maximum Gasteiger partial charge on any atom is 0.123 e. The van der Waals surface area contributed by atoms with Crippen molar-refractivity contribution in [2.24, 2.45) is 5.92 Å². The van der Waals surface area contributed by atoms with Gasteiger partial charge in [-0.05, 0) is 98.5 Å². The van der Waals surface area contributed by atoms with E-state index < -0.39 is 5.60 Å². The van der Waals surface area contributed by atoms with Crippen molar-refractivity contribution in [1.82, 2.24) is 5.32 Å². The first kappa shape index (κ1) is 24.7. The summed E-state index contributed by atoms with van der Waals surface area (Å²) >= 11 is 0. The molecule has 4 heteroatoms. The maximum atomic E-state index is 13.7. The van der Waals surface area contributed by atoms with Crippen LogP contribution in [0.3, 0.4) is 0 Å². The fourth-order valence-corrected chi connectivity index (χ4v) is 5.08. The summed E-state index contributed by atoms with van der Waals surface area (Å²) in [5.41, 5.74) is 2.77. The number of fused-ring (bicyclic) bond motifs is 1. The monoisotopic (exact) mass is 441 g/mol. The fourth-order valence-electron chi connectivity index (χ4n) is 5.08. The van der Waals surface area contributed by atoms with Gasteiger partial charge < -0.3 is 15.2 Å². The Balaban J connectivity index is 1.42. The van der Waals surface area contributed by atoms with Gasteiger partial charge in [0.05, 0.1) is 12.2 Å². The van der Waals surface area contributed by atoms with E-state index in [4.69, 9.17) is 4.74 Å². The van der Waals surface area contributed by atoms with Crippen molar-refractivity contribution >= 4 is 0 Å². The first-order valence-electron chi connectivity index (χ1n) is 12.4. The third-order valence-electron chi connectivity index (χ3n) is 6.76. The Kier molecular flexibility index (Phi) is 9.12. The third kappa shape index (κ3) is 6.55. The first-order chi connectivity index (χ1) is 15.4. The lowest BCUT2D eigenvalue weighted by atomic mass is 9.66. The zero-order chi connectivity index (χ0) is 23.0. The minimum Gasteiger partial charge on any atom is -0.494 e. The molecule has 0 fully saturated rings. The Bertz CT molecular complexity index is 836. The summed E-state index contributed by atoms with van der Waals surface area (Å²) in [4.78, 5) is 0. The van der Waals surface area contributed by atoms with Crippen molar-refractivity contribution in [3.63, 3.8) is 0 Å². The van der Waals surface area contributed by atoms with Crippen LogP contribution in [0.4, 0.5) is 4.39 Å². The summed E-state index contributed by atoms with van der Waals surface area (Å²) < 4.78 is 19.4. The van der Waals surface area contributed by atoms with E-state index in [-0.39, 0.29) is 11.7 Å². The molecule has 0 saturated heterocycles. The van der Waals surface area contributed by atoms with Gasteiger partial charge in [-0.3, -0.25) is 0 Å². The molecule has 0 bridgehead atoms. The number of halogens is 1. The highest BCUT2D eigenvalue weighted by molar-refractivity contribution is 5.37. The van der Waals surface area contributed by atoms with Gasteiger partial charge in [0.25, 0.3) is 0 Å². The molecule has 2 N–H and O–H groups in total. The van der Waals surface area contributed by atoms with Crippen LogP contribution < -0.4 is 10.1 Å². The van der Waals surface area contributed by atoms with Gasteiger partial charge in [0, 0.05) is 5.92 Å². The van der Waals surface area contributed by atoms with E-state index in [0.29, 0.717) is 12.3 Å². The van der Waals surface area contributed by atoms with Crippen LogP contribution in [0.15, 0.2) is 42.5 Å². The molecule has 0 aromatic heterocycles. The van der Waals surface area contributed by atoms with Crippen LogP contribution in [-0.2, 0) is 12.8 Å². The van der Waals surface area contributed by atoms with Crippen molar-refractivity contribution in [3.8, 4) is 5.75 Å². The van der Waals surface area contributed by atoms with E-state index in [1.165, 1.54) is 11.6 Å². The van der Waals surface area contributed by atoms with Gasteiger partial charge in [0.15, 0.2) is 0 Å². The molecular formula is C28H40FNO2. The van der Waals surface area contributed by atoms with Crippen molar-refractivity contribution in [2.45, 2.75) is 77.2 Å². The highest BCUT2D eigenvalue weighted by Crippen LogP contribution is 2.45. The molecule has 1 aliphatic rings. The average Bonchev–Trinajstić information content (AvgIpc) is 2.77. The molecule has 3 rings (SSSR count). The topological polar surface area (TPSA) is 41.5 Å². The Morgan fingerprint density at radius 1 is 1.12 bits per heavy atom. The molecule has 0 radical (unpaired) electrons. The molecule has 176 valence electrons. The van der Waals surface area contributed by atoms with Gasteiger partial charge in [-0.1, -0.05) is 45.4 Å². The third-order valence-corrected chi connectivity index (χ3v) is 6.76. The molecule has 2 atom stereocenters. The zero-order valence-electron chi connectivity index (χ0n) is 20.0. The summed E-state index contributed by atoms with van der Waals surface area (Å²) in [6, 6.07) is 13.5. The number of ether oxygens (including phenoxy) is 1. The summed E-state index contributed by atoms with van der Waals surface area (Å²) in [7, 11) is 0. The van der Waals surface area contributed by atoms with Crippen LogP contribution in [0.1, 0.15) is 75.5 Å². The smallest absolute Gasteiger partial charge is 0.123 e. The van der Waals surface area contributed by atoms with Gasteiger partial charge >= 0.3 is 0 Å². The molecular weight excluding hydrogens is 401 g/mol. The quantitative estimate of drug-likeness (QED) is 0.395. The number of nitrogens with one attached hydrogen (secondary N) is 1. The number of hydrogen-bond donors (Lipinski definition) is 2. The summed E-state index contributed by atoms with van der Waals surface area (Å²) in [6.45, 7) is 8.98. The van der Waals surface area contributed by atoms with Gasteiger partial charge in [0.1, 0.15) is 11.6 Å². The second kappa shape index (κ2) is 11.8. The second-order valence-corrected chi connectivity index (χ2v) is 9.62. The van der Waals surface area contributed by atoms with Gasteiger partial charge in [-0.15, -0.1) is 0 Å². The Hall–Kier alpha value is -1.91. The number of aryl methyl sites for hydroxylation is 2. The number of rotatable bonds is 12. The largest absolute Gasteiger partial charge is 0.494 e. The minimum atomic E-state index is -0.737. The first-order valence-corrected chi connectivity index (χ1v) is 12.4. The van der Waals surface area contributed by atoms with E-state index in [1.54, 1.807) is 6.07 Å². The fraction of sp³-hybridized carbons (Fsp3) is 0.571. The molecule has 0 aliphatic heterocycles. The Labute approximate surface area is 193 Å². The number of unbranched alkanes of at least 4 members (excludes halogenated alkanes) is 1. The van der Waals surface area contributed by atoms with Crippen molar-refractivity contribution in [1.29, 1.82) is 0 Å². The van der Waals surface area contributed by atoms with Crippen molar-refractivity contribution in [2.75, 3.05) is 19.7 Å². The van der Waals surface area contributed by atoms with Crippen LogP contribution in [0.25, 0.3) is 0 Å². The van der Waals surface area contributed by atoms with E-state index in [1.807, 2.05) is 6.07 Å². The summed E-state index contributed by atoms with van der Waals surface area (Å²) in [5.74, 6) is 1.12. The molecule has 0 amide bonds. The highest BCUT2D eigenvalue weighted by atomic mass is 19.1. The van der Waals surface area contributed by atoms with Crippen LogP contribution in [-0.4, -0.2) is 30.4 Å². The van der Waals surface area contributed by atoms with Crippen molar-refractivity contribution < 1.29 is 14.2 Å². The predicted molar refractivity (Wildman–Crippen MR) is 130 cm³/mol. The van der Waals surface area contributed by atoms with Gasteiger partial charge in [-0.25, -0.2) is 4.39 Å². The highest BCUT2D eigenvalue weighted by Gasteiger charge is 2.42. The lowest BCUT2D eigenvalue weighted by Gasteiger charge is -2.44.